The lowest BCUT2D eigenvalue weighted by Crippen LogP contribution is -2.33. The van der Waals surface area contributed by atoms with Gasteiger partial charge in [-0.25, -0.2) is 17.6 Å². The van der Waals surface area contributed by atoms with Gasteiger partial charge in [-0.2, -0.15) is 18.2 Å². The third-order valence-corrected chi connectivity index (χ3v) is 5.72. The van der Waals surface area contributed by atoms with E-state index in [4.69, 9.17) is 10.8 Å². The van der Waals surface area contributed by atoms with Crippen molar-refractivity contribution in [3.05, 3.63) is 59.2 Å². The highest BCUT2D eigenvalue weighted by Gasteiger charge is 2.62. The van der Waals surface area contributed by atoms with Crippen LogP contribution in [-0.4, -0.2) is 34.5 Å². The van der Waals surface area contributed by atoms with E-state index in [9.17, 15) is 30.7 Å². The van der Waals surface area contributed by atoms with Crippen molar-refractivity contribution in [3.8, 4) is 11.8 Å². The van der Waals surface area contributed by atoms with Crippen LogP contribution in [0.2, 0.25) is 0 Å². The molecule has 3 aromatic rings. The molecule has 1 fully saturated rings. The first-order valence-electron chi connectivity index (χ1n) is 10.6. The molecule has 1 saturated carbocycles. The van der Waals surface area contributed by atoms with E-state index in [1.54, 1.807) is 0 Å². The number of halogens is 7. The van der Waals surface area contributed by atoms with Crippen LogP contribution in [0.4, 0.5) is 42.2 Å². The number of nitrogens with one attached hydrogen (secondary N) is 2. The highest BCUT2D eigenvalue weighted by Crippen LogP contribution is 2.57. The Hall–Kier alpha value is -3.88. The number of alkyl halides is 5. The Morgan fingerprint density at radius 2 is 1.89 bits per heavy atom. The second-order valence-corrected chi connectivity index (χ2v) is 8.34. The molecular weight excluding hydrogens is 491 g/mol. The molecule has 2 N–H and O–H groups in total. The predicted octanol–water partition coefficient (Wildman–Crippen LogP) is 5.74. The van der Waals surface area contributed by atoms with E-state index in [-0.39, 0.29) is 40.8 Å². The van der Waals surface area contributed by atoms with Crippen molar-refractivity contribution in [2.24, 2.45) is 5.41 Å². The second kappa shape index (κ2) is 8.96. The molecule has 0 radical (unpaired) electrons. The van der Waals surface area contributed by atoms with E-state index in [0.717, 1.165) is 33.7 Å². The Morgan fingerprint density at radius 3 is 2.47 bits per heavy atom. The summed E-state index contributed by atoms with van der Waals surface area (Å²) in [7, 11) is 0. The topological polar surface area (TPSA) is 68.8 Å². The van der Waals surface area contributed by atoms with Crippen molar-refractivity contribution < 1.29 is 30.7 Å². The molecule has 1 aliphatic carbocycles. The van der Waals surface area contributed by atoms with Crippen LogP contribution in [0.15, 0.2) is 36.4 Å². The standard InChI is InChI=1S/C24H18F7N5/c1-13(32)36-18-4-2-3-17(26)20(18)21(34-22(36)33)35(12-19(27)28)16-10-14(9-15(25)11-16)5-6-23(7-8-23)24(29,30)31/h2-4,9-11,19,32-33H,7-8,12H2,1H3. The molecule has 12 heteroatoms. The first-order valence-corrected chi connectivity index (χ1v) is 10.6. The summed E-state index contributed by atoms with van der Waals surface area (Å²) in [6.07, 6.45) is -7.96. The lowest BCUT2D eigenvalue weighted by atomic mass is 10.1. The zero-order valence-corrected chi connectivity index (χ0v) is 18.7. The molecule has 5 nitrogen and oxygen atoms in total. The Kier molecular flexibility index (Phi) is 6.28. The van der Waals surface area contributed by atoms with Gasteiger partial charge in [-0.15, -0.1) is 0 Å². The van der Waals surface area contributed by atoms with Crippen molar-refractivity contribution in [2.75, 3.05) is 11.4 Å². The molecule has 1 aliphatic rings. The Labute approximate surface area is 200 Å². The number of fused-ring (bicyclic) bond motifs is 1. The van der Waals surface area contributed by atoms with E-state index in [0.29, 0.717) is 0 Å². The highest BCUT2D eigenvalue weighted by molar-refractivity contribution is 5.97. The zero-order valence-electron chi connectivity index (χ0n) is 18.7. The Balaban J connectivity index is 1.92. The number of hydrogen-bond acceptors (Lipinski definition) is 4. The van der Waals surface area contributed by atoms with E-state index < -0.39 is 47.6 Å². The average molecular weight is 509 g/mol. The van der Waals surface area contributed by atoms with Gasteiger partial charge in [-0.3, -0.25) is 15.4 Å². The summed E-state index contributed by atoms with van der Waals surface area (Å²) < 4.78 is 97.3. The van der Waals surface area contributed by atoms with Gasteiger partial charge >= 0.3 is 6.18 Å². The maximum absolute atomic E-state index is 15.0. The smallest absolute Gasteiger partial charge is 0.320 e. The largest absolute Gasteiger partial charge is 0.405 e. The third-order valence-electron chi connectivity index (χ3n) is 5.72. The lowest BCUT2D eigenvalue weighted by Gasteiger charge is -2.26. The van der Waals surface area contributed by atoms with E-state index >= 15 is 0 Å². The van der Waals surface area contributed by atoms with E-state index in [1.807, 2.05) is 0 Å². The van der Waals surface area contributed by atoms with Crippen molar-refractivity contribution in [1.82, 2.24) is 9.55 Å². The summed E-state index contributed by atoms with van der Waals surface area (Å²) in [5.41, 5.74) is -3.21. The number of rotatable bonds is 4. The molecule has 0 saturated heterocycles. The molecule has 1 aromatic heterocycles. The van der Waals surface area contributed by atoms with Gasteiger partial charge in [0.1, 0.15) is 28.7 Å². The van der Waals surface area contributed by atoms with Gasteiger partial charge < -0.3 is 4.90 Å². The normalized spacial score (nSPS) is 14.5. The van der Waals surface area contributed by atoms with Gasteiger partial charge in [0.15, 0.2) is 0 Å². The molecular formula is C24H18F7N5. The van der Waals surface area contributed by atoms with E-state index in [2.05, 4.69) is 16.8 Å². The fraction of sp³-hybridized carbons (Fsp3) is 0.292. The van der Waals surface area contributed by atoms with Crippen molar-refractivity contribution >= 4 is 28.2 Å². The average Bonchev–Trinajstić information content (AvgIpc) is 3.56. The first-order chi connectivity index (χ1) is 16.8. The van der Waals surface area contributed by atoms with Gasteiger partial charge in [-0.1, -0.05) is 17.9 Å². The minimum Gasteiger partial charge on any atom is -0.320 e. The summed E-state index contributed by atoms with van der Waals surface area (Å²) in [5.74, 6) is 1.94. The van der Waals surface area contributed by atoms with Gasteiger partial charge in [0.2, 0.25) is 5.62 Å². The van der Waals surface area contributed by atoms with Crippen LogP contribution in [-0.2, 0) is 0 Å². The molecule has 0 spiro atoms. The second-order valence-electron chi connectivity index (χ2n) is 8.34. The molecule has 0 aliphatic heterocycles. The fourth-order valence-corrected chi connectivity index (χ4v) is 3.83. The van der Waals surface area contributed by atoms with Crippen LogP contribution >= 0.6 is 0 Å². The van der Waals surface area contributed by atoms with Crippen LogP contribution < -0.4 is 10.5 Å². The van der Waals surface area contributed by atoms with Gasteiger partial charge in [-0.05, 0) is 50.1 Å². The van der Waals surface area contributed by atoms with Crippen molar-refractivity contribution in [3.63, 3.8) is 0 Å². The SMILES string of the molecule is CC(=N)n1c(=N)nc(N(CC(F)F)c2cc(F)cc(C#CC3(C(F)(F)F)CC3)c2)c2c(F)cccc21. The maximum atomic E-state index is 15.0. The molecule has 36 heavy (non-hydrogen) atoms. The van der Waals surface area contributed by atoms with Crippen LogP contribution in [0, 0.1) is 39.7 Å². The summed E-state index contributed by atoms with van der Waals surface area (Å²) in [5, 5.41) is 15.8. The summed E-state index contributed by atoms with van der Waals surface area (Å²) >= 11 is 0. The van der Waals surface area contributed by atoms with Crippen LogP contribution in [0.3, 0.4) is 0 Å². The molecule has 0 bridgehead atoms. The minimum absolute atomic E-state index is 0.00552. The molecule has 0 atom stereocenters. The Morgan fingerprint density at radius 1 is 1.19 bits per heavy atom. The number of benzene rings is 2. The van der Waals surface area contributed by atoms with E-state index in [1.165, 1.54) is 19.1 Å². The number of anilines is 2. The monoisotopic (exact) mass is 509 g/mol. The minimum atomic E-state index is -4.56. The summed E-state index contributed by atoms with van der Waals surface area (Å²) in [4.78, 5) is 4.71. The van der Waals surface area contributed by atoms with Gasteiger partial charge in [0.25, 0.3) is 6.43 Å². The van der Waals surface area contributed by atoms with Crippen LogP contribution in [0.5, 0.6) is 0 Å². The molecule has 4 rings (SSSR count). The molecule has 0 unspecified atom stereocenters. The van der Waals surface area contributed by atoms with Crippen LogP contribution in [0.25, 0.3) is 10.9 Å². The summed E-state index contributed by atoms with van der Waals surface area (Å²) in [6, 6.07) is 6.52. The van der Waals surface area contributed by atoms with Crippen molar-refractivity contribution in [2.45, 2.75) is 32.4 Å². The molecule has 188 valence electrons. The molecule has 0 amide bonds. The third kappa shape index (κ3) is 4.65. The maximum Gasteiger partial charge on any atom is 0.405 e. The predicted molar refractivity (Wildman–Crippen MR) is 118 cm³/mol. The highest BCUT2D eigenvalue weighted by atomic mass is 19.4. The molecule has 2 aromatic carbocycles. The number of hydrogen-bond donors (Lipinski definition) is 2. The number of nitrogens with zero attached hydrogens (tertiary/aromatic N) is 3. The molecule has 1 heterocycles. The zero-order chi connectivity index (χ0) is 26.4. The lowest BCUT2D eigenvalue weighted by molar-refractivity contribution is -0.168. The Bertz CT molecular complexity index is 1480. The number of aromatic nitrogens is 2. The quantitative estimate of drug-likeness (QED) is 0.204. The van der Waals surface area contributed by atoms with Crippen LogP contribution in [0.1, 0.15) is 25.3 Å². The van der Waals surface area contributed by atoms with Gasteiger partial charge in [0, 0.05) is 11.3 Å². The summed E-state index contributed by atoms with van der Waals surface area (Å²) in [6.45, 7) is 0.234. The van der Waals surface area contributed by atoms with Crippen molar-refractivity contribution in [1.29, 1.82) is 10.8 Å². The fourth-order valence-electron chi connectivity index (χ4n) is 3.83. The first kappa shape index (κ1) is 25.2. The van der Waals surface area contributed by atoms with Gasteiger partial charge in [0.05, 0.1) is 17.4 Å².